The fraction of sp³-hybridized carbons (Fsp3) is 0.308. The van der Waals surface area contributed by atoms with Crippen molar-refractivity contribution in [3.05, 3.63) is 47.7 Å². The Labute approximate surface area is 86.2 Å². The molecule has 1 aromatic rings. The molecule has 0 spiro atoms. The van der Waals surface area contributed by atoms with Crippen LogP contribution >= 0.6 is 0 Å². The Kier molecular flexibility index (Phi) is 4.11. The van der Waals surface area contributed by atoms with E-state index in [2.05, 4.69) is 37.0 Å². The van der Waals surface area contributed by atoms with Crippen LogP contribution in [0.4, 0.5) is 0 Å². The Hall–Kier alpha value is -1.37. The third kappa shape index (κ3) is 2.84. The summed E-state index contributed by atoms with van der Waals surface area (Å²) in [5.41, 5.74) is 3.42. The zero-order valence-corrected chi connectivity index (χ0v) is 9.12. The van der Waals surface area contributed by atoms with Crippen LogP contribution in [0, 0.1) is 0 Å². The molecule has 0 fully saturated rings. The van der Waals surface area contributed by atoms with E-state index < -0.39 is 0 Å². The maximum atomic E-state index is 4.56. The lowest BCUT2D eigenvalue weighted by atomic mass is 10.1. The highest BCUT2D eigenvalue weighted by atomic mass is 14.7. The summed E-state index contributed by atoms with van der Waals surface area (Å²) in [6.45, 7) is 6.20. The SMILES string of the molecule is C/C=C(/CC)N=C(C)c1ccccc1. The van der Waals surface area contributed by atoms with Crippen LogP contribution in [0.15, 0.2) is 47.1 Å². The van der Waals surface area contributed by atoms with Gasteiger partial charge in [-0.2, -0.15) is 0 Å². The Morgan fingerprint density at radius 1 is 1.29 bits per heavy atom. The zero-order valence-electron chi connectivity index (χ0n) is 9.12. The van der Waals surface area contributed by atoms with Crippen molar-refractivity contribution in [3.63, 3.8) is 0 Å². The third-order valence-corrected chi connectivity index (χ3v) is 2.20. The number of hydrogen-bond donors (Lipinski definition) is 0. The highest BCUT2D eigenvalue weighted by Gasteiger charge is 1.96. The van der Waals surface area contributed by atoms with Gasteiger partial charge in [0.1, 0.15) is 0 Å². The van der Waals surface area contributed by atoms with E-state index in [4.69, 9.17) is 0 Å². The van der Waals surface area contributed by atoms with Gasteiger partial charge in [0.05, 0.1) is 0 Å². The zero-order chi connectivity index (χ0) is 10.4. The number of allylic oxidation sites excluding steroid dienone is 2. The van der Waals surface area contributed by atoms with Crippen LogP contribution in [0.5, 0.6) is 0 Å². The van der Waals surface area contributed by atoms with Crippen LogP contribution < -0.4 is 0 Å². The Morgan fingerprint density at radius 2 is 1.93 bits per heavy atom. The molecular weight excluding hydrogens is 170 g/mol. The second kappa shape index (κ2) is 5.38. The first-order chi connectivity index (χ1) is 6.77. The number of benzene rings is 1. The van der Waals surface area contributed by atoms with Gasteiger partial charge in [-0.15, -0.1) is 0 Å². The lowest BCUT2D eigenvalue weighted by molar-refractivity contribution is 1.06. The third-order valence-electron chi connectivity index (χ3n) is 2.20. The molecule has 0 amide bonds. The predicted molar refractivity (Wildman–Crippen MR) is 62.7 cm³/mol. The summed E-state index contributed by atoms with van der Waals surface area (Å²) >= 11 is 0. The van der Waals surface area contributed by atoms with Gasteiger partial charge in [-0.05, 0) is 25.8 Å². The number of rotatable bonds is 3. The Morgan fingerprint density at radius 3 is 2.43 bits per heavy atom. The van der Waals surface area contributed by atoms with Crippen molar-refractivity contribution in [1.82, 2.24) is 0 Å². The van der Waals surface area contributed by atoms with Gasteiger partial charge in [-0.25, -0.2) is 0 Å². The minimum atomic E-state index is 0.987. The molecule has 14 heavy (non-hydrogen) atoms. The quantitative estimate of drug-likeness (QED) is 0.638. The predicted octanol–water partition coefficient (Wildman–Crippen LogP) is 3.81. The molecule has 0 aliphatic carbocycles. The molecule has 0 unspecified atom stereocenters. The number of aliphatic imine (C=N–C) groups is 1. The first-order valence-electron chi connectivity index (χ1n) is 5.03. The average molecular weight is 187 g/mol. The molecule has 0 bridgehead atoms. The van der Waals surface area contributed by atoms with E-state index in [1.165, 1.54) is 5.56 Å². The largest absolute Gasteiger partial charge is 0.258 e. The number of nitrogens with zero attached hydrogens (tertiary/aromatic N) is 1. The van der Waals surface area contributed by atoms with Gasteiger partial charge in [0.2, 0.25) is 0 Å². The van der Waals surface area contributed by atoms with Gasteiger partial charge in [-0.1, -0.05) is 43.3 Å². The summed E-state index contributed by atoms with van der Waals surface area (Å²) in [6.07, 6.45) is 3.05. The van der Waals surface area contributed by atoms with Crippen LogP contribution in [0.25, 0.3) is 0 Å². The van der Waals surface area contributed by atoms with Gasteiger partial charge in [0, 0.05) is 11.4 Å². The Balaban J connectivity index is 2.90. The minimum absolute atomic E-state index is 0.987. The summed E-state index contributed by atoms with van der Waals surface area (Å²) in [5, 5.41) is 0. The van der Waals surface area contributed by atoms with E-state index in [1.807, 2.05) is 25.1 Å². The van der Waals surface area contributed by atoms with Crippen LogP contribution in [-0.4, -0.2) is 5.71 Å². The molecule has 0 heterocycles. The van der Waals surface area contributed by atoms with E-state index in [0.717, 1.165) is 17.8 Å². The van der Waals surface area contributed by atoms with E-state index in [1.54, 1.807) is 0 Å². The molecular formula is C13H17N. The van der Waals surface area contributed by atoms with Crippen LogP contribution in [0.2, 0.25) is 0 Å². The molecule has 0 radical (unpaired) electrons. The van der Waals surface area contributed by atoms with Gasteiger partial charge in [-0.3, -0.25) is 4.99 Å². The topological polar surface area (TPSA) is 12.4 Å². The van der Waals surface area contributed by atoms with Crippen LogP contribution in [0.3, 0.4) is 0 Å². The summed E-state index contributed by atoms with van der Waals surface area (Å²) in [7, 11) is 0. The maximum Gasteiger partial charge on any atom is 0.0448 e. The van der Waals surface area contributed by atoms with E-state index in [9.17, 15) is 0 Å². The average Bonchev–Trinajstić information content (AvgIpc) is 2.26. The van der Waals surface area contributed by atoms with Gasteiger partial charge >= 0.3 is 0 Å². The maximum absolute atomic E-state index is 4.56. The van der Waals surface area contributed by atoms with E-state index >= 15 is 0 Å². The molecule has 1 heteroatoms. The molecule has 1 aromatic carbocycles. The van der Waals surface area contributed by atoms with Gasteiger partial charge in [0.25, 0.3) is 0 Å². The normalized spacial score (nSPS) is 13.1. The minimum Gasteiger partial charge on any atom is -0.258 e. The smallest absolute Gasteiger partial charge is 0.0448 e. The van der Waals surface area contributed by atoms with Crippen molar-refractivity contribution in [2.24, 2.45) is 4.99 Å². The van der Waals surface area contributed by atoms with E-state index in [-0.39, 0.29) is 0 Å². The van der Waals surface area contributed by atoms with Crippen molar-refractivity contribution in [1.29, 1.82) is 0 Å². The summed E-state index contributed by atoms with van der Waals surface area (Å²) in [6, 6.07) is 10.3. The second-order valence-corrected chi connectivity index (χ2v) is 3.20. The molecule has 0 atom stereocenters. The van der Waals surface area contributed by atoms with Crippen LogP contribution in [0.1, 0.15) is 32.8 Å². The molecule has 0 aliphatic heterocycles. The first-order valence-corrected chi connectivity index (χ1v) is 5.03. The van der Waals surface area contributed by atoms with Crippen molar-refractivity contribution >= 4 is 5.71 Å². The van der Waals surface area contributed by atoms with Gasteiger partial charge in [0.15, 0.2) is 0 Å². The lowest BCUT2D eigenvalue weighted by Crippen LogP contribution is -1.94. The summed E-state index contributed by atoms with van der Waals surface area (Å²) in [4.78, 5) is 4.56. The monoisotopic (exact) mass is 187 g/mol. The lowest BCUT2D eigenvalue weighted by Gasteiger charge is -2.01. The molecule has 0 aliphatic rings. The molecule has 74 valence electrons. The van der Waals surface area contributed by atoms with Crippen molar-refractivity contribution in [2.45, 2.75) is 27.2 Å². The standard InChI is InChI=1S/C13H17N/c1-4-13(5-2)14-11(3)12-9-7-6-8-10-12/h4,6-10H,5H2,1-3H3/b13-4-,14-11?. The molecule has 0 saturated carbocycles. The van der Waals surface area contributed by atoms with Crippen molar-refractivity contribution < 1.29 is 0 Å². The fourth-order valence-electron chi connectivity index (χ4n) is 1.31. The van der Waals surface area contributed by atoms with Crippen molar-refractivity contribution in [2.75, 3.05) is 0 Å². The Bertz CT molecular complexity index is 334. The van der Waals surface area contributed by atoms with Gasteiger partial charge < -0.3 is 0 Å². The molecule has 1 rings (SSSR count). The molecule has 0 saturated heterocycles. The highest BCUT2D eigenvalue weighted by Crippen LogP contribution is 2.07. The van der Waals surface area contributed by atoms with Crippen molar-refractivity contribution in [3.8, 4) is 0 Å². The highest BCUT2D eigenvalue weighted by molar-refractivity contribution is 5.99. The second-order valence-electron chi connectivity index (χ2n) is 3.20. The number of hydrogen-bond acceptors (Lipinski definition) is 1. The fourth-order valence-corrected chi connectivity index (χ4v) is 1.31. The van der Waals surface area contributed by atoms with Crippen LogP contribution in [-0.2, 0) is 0 Å². The molecule has 0 N–H and O–H groups in total. The molecule has 1 nitrogen and oxygen atoms in total. The first kappa shape index (κ1) is 10.7. The summed E-state index contributed by atoms with van der Waals surface area (Å²) in [5.74, 6) is 0. The van der Waals surface area contributed by atoms with E-state index in [0.29, 0.717) is 0 Å². The molecule has 0 aromatic heterocycles. The summed E-state index contributed by atoms with van der Waals surface area (Å²) < 4.78 is 0.